The van der Waals surface area contributed by atoms with Crippen molar-refractivity contribution in [2.24, 2.45) is 13.0 Å². The van der Waals surface area contributed by atoms with E-state index < -0.39 is 75.7 Å². The summed E-state index contributed by atoms with van der Waals surface area (Å²) in [7, 11) is -2.26. The first-order valence-electron chi connectivity index (χ1n) is 17.0. The van der Waals surface area contributed by atoms with Gasteiger partial charge < -0.3 is 5.32 Å². The van der Waals surface area contributed by atoms with Crippen LogP contribution in [0, 0.1) is 17.6 Å². The van der Waals surface area contributed by atoms with E-state index in [0.717, 1.165) is 18.4 Å². The van der Waals surface area contributed by atoms with E-state index in [1.165, 1.54) is 16.9 Å². The SMILES string of the molecule is Cn1nc(NS(C)(=O)=O)c2c(Cl)ccc(-c3cc(-c4cccnc4)cnc3[C@H](Cc3cc(F)cc(F)c3)NC(=O)Cn3nc(C(F)F)c4c3C(F)(F)C3CC43)c21. The van der Waals surface area contributed by atoms with E-state index in [1.807, 2.05) is 0 Å². The van der Waals surface area contributed by atoms with Crippen molar-refractivity contribution >= 4 is 44.3 Å². The lowest BCUT2D eigenvalue weighted by Crippen LogP contribution is -2.35. The van der Waals surface area contributed by atoms with Gasteiger partial charge in [0.05, 0.1) is 33.9 Å². The minimum absolute atomic E-state index is 0.0355. The molecule has 1 amide bonds. The zero-order valence-corrected chi connectivity index (χ0v) is 30.8. The molecule has 0 aliphatic heterocycles. The summed E-state index contributed by atoms with van der Waals surface area (Å²) in [6.45, 7) is -0.880. The van der Waals surface area contributed by atoms with E-state index in [0.29, 0.717) is 38.5 Å². The van der Waals surface area contributed by atoms with Crippen LogP contribution in [-0.2, 0) is 40.8 Å². The van der Waals surface area contributed by atoms with Crippen molar-refractivity contribution in [2.75, 3.05) is 11.0 Å². The molecule has 0 bridgehead atoms. The number of carbonyl (C=O) groups is 1. The molecule has 4 aromatic heterocycles. The van der Waals surface area contributed by atoms with Gasteiger partial charge in [-0.2, -0.15) is 19.0 Å². The normalized spacial score (nSPS) is 17.5. The lowest BCUT2D eigenvalue weighted by molar-refractivity contribution is -0.123. The Labute approximate surface area is 319 Å². The van der Waals surface area contributed by atoms with Gasteiger partial charge in [0, 0.05) is 65.4 Å². The molecule has 2 aliphatic carbocycles. The zero-order valence-electron chi connectivity index (χ0n) is 29.2. The van der Waals surface area contributed by atoms with Crippen LogP contribution in [0.15, 0.2) is 67.1 Å². The Kier molecular flexibility index (Phi) is 9.10. The minimum atomic E-state index is -3.82. The van der Waals surface area contributed by atoms with Gasteiger partial charge in [0.15, 0.2) is 5.82 Å². The number of anilines is 1. The van der Waals surface area contributed by atoms with Crippen LogP contribution >= 0.6 is 11.6 Å². The molecule has 2 unspecified atom stereocenters. The predicted octanol–water partition coefficient (Wildman–Crippen LogP) is 7.44. The van der Waals surface area contributed by atoms with Gasteiger partial charge in [0.2, 0.25) is 15.9 Å². The van der Waals surface area contributed by atoms with E-state index in [-0.39, 0.29) is 45.9 Å². The van der Waals surface area contributed by atoms with Crippen molar-refractivity contribution in [3.8, 4) is 22.3 Å². The third-order valence-corrected chi connectivity index (χ3v) is 10.8. The van der Waals surface area contributed by atoms with E-state index in [1.54, 1.807) is 43.7 Å². The number of fused-ring (bicyclic) bond motifs is 4. The van der Waals surface area contributed by atoms with Gasteiger partial charge in [-0.15, -0.1) is 0 Å². The quantitative estimate of drug-likeness (QED) is 0.130. The third kappa shape index (κ3) is 6.73. The second-order valence-electron chi connectivity index (χ2n) is 13.8. The van der Waals surface area contributed by atoms with Gasteiger partial charge >= 0.3 is 0 Å². The number of hydrogen-bond donors (Lipinski definition) is 2. The van der Waals surface area contributed by atoms with Gasteiger partial charge in [-0.3, -0.25) is 28.8 Å². The number of alkyl halides is 4. The molecule has 0 spiro atoms. The van der Waals surface area contributed by atoms with E-state index >= 15 is 8.78 Å². The summed E-state index contributed by atoms with van der Waals surface area (Å²) in [5, 5.41) is 11.2. The molecule has 2 aliphatic rings. The smallest absolute Gasteiger partial charge is 0.293 e. The van der Waals surface area contributed by atoms with Crippen molar-refractivity contribution in [1.82, 2.24) is 34.8 Å². The molecule has 2 N–H and O–H groups in total. The molecule has 290 valence electrons. The fraction of sp³-hybridized carbons (Fsp3) is 0.270. The Hall–Kier alpha value is -5.49. The molecule has 19 heteroatoms. The summed E-state index contributed by atoms with van der Waals surface area (Å²) >= 11 is 6.62. The maximum atomic E-state index is 15.4. The molecule has 2 aromatic carbocycles. The standard InChI is InChI=1S/C37H29ClF6N8O3S/c1-51-33-22(5-6-26(38)30(33)36(49-51)50-56(2,54)55)23-11-19(18-4-3-7-45-14-18)15-46-31(23)27(10-17-8-20(39)12-21(40)9-17)47-28(53)16-52-34-29(32(48-52)35(41)42)24-13-25(24)37(34,43)44/h3-9,11-12,14-15,24-25,27,35H,10,13,16H2,1-2H3,(H,47,53)(H,49,50)/t24?,25?,27-/m0/s1. The van der Waals surface area contributed by atoms with Crippen molar-refractivity contribution in [3.63, 3.8) is 0 Å². The van der Waals surface area contributed by atoms with Gasteiger partial charge in [0.1, 0.15) is 29.6 Å². The summed E-state index contributed by atoms with van der Waals surface area (Å²) in [5.41, 5.74) is 0.690. The Morgan fingerprint density at radius 1 is 1.02 bits per heavy atom. The Balaban J connectivity index is 1.28. The average molecular weight is 815 g/mol. The Bertz CT molecular complexity index is 2650. The molecule has 8 rings (SSSR count). The largest absolute Gasteiger partial charge is 0.346 e. The maximum absolute atomic E-state index is 15.4. The first-order chi connectivity index (χ1) is 26.5. The molecule has 56 heavy (non-hydrogen) atoms. The molecular weight excluding hydrogens is 786 g/mol. The average Bonchev–Trinajstić information content (AvgIpc) is 3.66. The first kappa shape index (κ1) is 37.4. The fourth-order valence-corrected chi connectivity index (χ4v) is 8.37. The number of hydrogen-bond acceptors (Lipinski definition) is 7. The number of aryl methyl sites for hydroxylation is 1. The van der Waals surface area contributed by atoms with Crippen LogP contribution in [0.1, 0.15) is 53.0 Å². The number of pyridine rings is 2. The van der Waals surface area contributed by atoms with E-state index in [9.17, 15) is 30.8 Å². The highest BCUT2D eigenvalue weighted by atomic mass is 35.5. The summed E-state index contributed by atoms with van der Waals surface area (Å²) < 4.78 is 117. The molecule has 6 aromatic rings. The van der Waals surface area contributed by atoms with Crippen molar-refractivity contribution in [1.29, 1.82) is 0 Å². The maximum Gasteiger partial charge on any atom is 0.293 e. The van der Waals surface area contributed by atoms with Crippen LogP contribution in [0.5, 0.6) is 0 Å². The number of rotatable bonds is 11. The van der Waals surface area contributed by atoms with Gasteiger partial charge in [-0.05, 0) is 54.7 Å². The molecule has 0 radical (unpaired) electrons. The predicted molar refractivity (Wildman–Crippen MR) is 194 cm³/mol. The molecule has 0 saturated heterocycles. The van der Waals surface area contributed by atoms with Crippen LogP contribution < -0.4 is 10.0 Å². The highest BCUT2D eigenvalue weighted by Crippen LogP contribution is 2.68. The minimum Gasteiger partial charge on any atom is -0.346 e. The number of carbonyl (C=O) groups excluding carboxylic acids is 1. The number of sulfonamides is 1. The number of aromatic nitrogens is 6. The Morgan fingerprint density at radius 3 is 2.45 bits per heavy atom. The lowest BCUT2D eigenvalue weighted by Gasteiger charge is -2.23. The second-order valence-corrected chi connectivity index (χ2v) is 16.0. The number of benzene rings is 2. The molecule has 3 atom stereocenters. The van der Waals surface area contributed by atoms with Crippen molar-refractivity contribution in [2.45, 2.75) is 43.7 Å². The topological polar surface area (TPSA) is 137 Å². The summed E-state index contributed by atoms with van der Waals surface area (Å²) in [6.07, 6.45) is 2.19. The lowest BCUT2D eigenvalue weighted by atomic mass is 9.92. The fourth-order valence-electron chi connectivity index (χ4n) is 7.64. The number of nitrogens with zero attached hydrogens (tertiary/aromatic N) is 6. The van der Waals surface area contributed by atoms with Gasteiger partial charge in [-0.25, -0.2) is 26.0 Å². The molecule has 1 saturated carbocycles. The van der Waals surface area contributed by atoms with Crippen LogP contribution in [0.3, 0.4) is 0 Å². The third-order valence-electron chi connectivity index (χ3n) is 9.91. The number of halogens is 7. The van der Waals surface area contributed by atoms with Crippen LogP contribution in [-0.4, -0.2) is 50.1 Å². The van der Waals surface area contributed by atoms with Crippen molar-refractivity contribution < 1.29 is 39.6 Å². The molecule has 4 heterocycles. The molecule has 11 nitrogen and oxygen atoms in total. The zero-order chi connectivity index (χ0) is 39.8. The second kappa shape index (κ2) is 13.6. The van der Waals surface area contributed by atoms with Crippen LogP contribution in [0.25, 0.3) is 33.2 Å². The highest BCUT2D eigenvalue weighted by Gasteiger charge is 2.67. The molecular formula is C37H29ClF6N8O3S. The summed E-state index contributed by atoms with van der Waals surface area (Å²) in [5.74, 6) is -8.23. The first-order valence-corrected chi connectivity index (χ1v) is 19.3. The van der Waals surface area contributed by atoms with E-state index in [4.69, 9.17) is 16.6 Å². The highest BCUT2D eigenvalue weighted by molar-refractivity contribution is 7.92. The van der Waals surface area contributed by atoms with E-state index in [2.05, 4.69) is 25.2 Å². The number of amides is 1. The monoisotopic (exact) mass is 814 g/mol. The van der Waals surface area contributed by atoms with Crippen LogP contribution in [0.2, 0.25) is 5.02 Å². The summed E-state index contributed by atoms with van der Waals surface area (Å²) in [4.78, 5) is 22.8. The Morgan fingerprint density at radius 2 is 1.77 bits per heavy atom. The molecule has 1 fully saturated rings. The van der Waals surface area contributed by atoms with Gasteiger partial charge in [0.25, 0.3) is 12.3 Å². The summed E-state index contributed by atoms with van der Waals surface area (Å²) in [6, 6.07) is 9.86. The van der Waals surface area contributed by atoms with Crippen LogP contribution in [0.4, 0.5) is 32.2 Å². The number of nitrogens with one attached hydrogen (secondary N) is 2. The van der Waals surface area contributed by atoms with Crippen molar-refractivity contribution in [3.05, 3.63) is 112 Å². The van der Waals surface area contributed by atoms with Gasteiger partial charge in [-0.1, -0.05) is 23.7 Å².